The number of hydrogen-bond acceptors (Lipinski definition) is 6. The Morgan fingerprint density at radius 3 is 2.58 bits per heavy atom. The van der Waals surface area contributed by atoms with Gasteiger partial charge in [0.25, 0.3) is 5.91 Å². The van der Waals surface area contributed by atoms with Crippen molar-refractivity contribution in [3.05, 3.63) is 35.7 Å². The number of rotatable bonds is 6. The summed E-state index contributed by atoms with van der Waals surface area (Å²) in [5.41, 5.74) is 0.601. The van der Waals surface area contributed by atoms with Gasteiger partial charge in [-0.05, 0) is 30.9 Å². The van der Waals surface area contributed by atoms with Crippen molar-refractivity contribution >= 4 is 11.8 Å². The molecular formula is C20H21F3N4O4. The molecule has 1 atom stereocenters. The van der Waals surface area contributed by atoms with Gasteiger partial charge in [-0.15, -0.1) is 0 Å². The van der Waals surface area contributed by atoms with Crippen LogP contribution in [-0.2, 0) is 15.7 Å². The molecule has 31 heavy (non-hydrogen) atoms. The van der Waals surface area contributed by atoms with Crippen molar-refractivity contribution in [1.82, 2.24) is 20.4 Å². The molecule has 11 heteroatoms. The second kappa shape index (κ2) is 8.66. The predicted octanol–water partition coefficient (Wildman–Crippen LogP) is 2.51. The first kappa shape index (κ1) is 21.3. The van der Waals surface area contributed by atoms with E-state index < -0.39 is 12.1 Å². The summed E-state index contributed by atoms with van der Waals surface area (Å²) in [5, 5.41) is 6.11. The fraction of sp³-hybridized carbons (Fsp3) is 0.500. The van der Waals surface area contributed by atoms with Gasteiger partial charge < -0.3 is 19.5 Å². The van der Waals surface area contributed by atoms with Gasteiger partial charge in [-0.25, -0.2) is 0 Å². The first-order valence-corrected chi connectivity index (χ1v) is 9.98. The lowest BCUT2D eigenvalue weighted by Crippen LogP contribution is -2.53. The maximum Gasteiger partial charge on any atom is 0.471 e. The molecule has 2 aromatic rings. The number of alkyl halides is 3. The molecule has 1 aromatic carbocycles. The lowest BCUT2D eigenvalue weighted by Gasteiger charge is -2.35. The van der Waals surface area contributed by atoms with Crippen molar-refractivity contribution in [2.75, 3.05) is 26.3 Å². The average molecular weight is 438 g/mol. The number of nitrogens with one attached hydrogen (secondary N) is 1. The van der Waals surface area contributed by atoms with Crippen molar-refractivity contribution in [1.29, 1.82) is 0 Å². The monoisotopic (exact) mass is 438 g/mol. The van der Waals surface area contributed by atoms with E-state index in [-0.39, 0.29) is 35.8 Å². The van der Waals surface area contributed by atoms with Crippen molar-refractivity contribution < 1.29 is 32.0 Å². The van der Waals surface area contributed by atoms with Gasteiger partial charge in [-0.1, -0.05) is 17.3 Å². The molecule has 0 bridgehead atoms. The molecule has 1 N–H and O–H groups in total. The molecule has 1 aromatic heterocycles. The minimum absolute atomic E-state index is 0.0905. The highest BCUT2D eigenvalue weighted by Crippen LogP contribution is 2.33. The smallest absolute Gasteiger partial charge is 0.377 e. The second-order valence-electron chi connectivity index (χ2n) is 7.67. The van der Waals surface area contributed by atoms with Crippen LogP contribution in [0.25, 0.3) is 11.4 Å². The summed E-state index contributed by atoms with van der Waals surface area (Å²) in [7, 11) is 0. The fourth-order valence-electron chi connectivity index (χ4n) is 3.38. The van der Waals surface area contributed by atoms with Crippen molar-refractivity contribution in [3.63, 3.8) is 0 Å². The van der Waals surface area contributed by atoms with Crippen molar-refractivity contribution in [2.24, 2.45) is 5.92 Å². The van der Waals surface area contributed by atoms with E-state index in [9.17, 15) is 22.8 Å². The van der Waals surface area contributed by atoms with Crippen LogP contribution >= 0.6 is 0 Å². The van der Waals surface area contributed by atoms with E-state index in [1.807, 2.05) is 0 Å². The van der Waals surface area contributed by atoms with Crippen LogP contribution in [0.15, 0.2) is 28.8 Å². The Kier molecular flexibility index (Phi) is 5.94. The van der Waals surface area contributed by atoms with Crippen LogP contribution in [-0.4, -0.2) is 59.2 Å². The summed E-state index contributed by atoms with van der Waals surface area (Å²) in [5.74, 6) is -1.44. The first-order valence-electron chi connectivity index (χ1n) is 9.98. The van der Waals surface area contributed by atoms with Crippen LogP contribution in [0.4, 0.5) is 13.2 Å². The van der Waals surface area contributed by atoms with E-state index in [1.54, 1.807) is 4.90 Å². The topological polar surface area (TPSA) is 97.6 Å². The van der Waals surface area contributed by atoms with Gasteiger partial charge in [0.05, 0.1) is 19.3 Å². The average Bonchev–Trinajstić information content (AvgIpc) is 3.41. The van der Waals surface area contributed by atoms with Gasteiger partial charge in [0.2, 0.25) is 11.7 Å². The molecule has 0 radical (unpaired) electrons. The van der Waals surface area contributed by atoms with Gasteiger partial charge in [0, 0.05) is 30.6 Å². The van der Waals surface area contributed by atoms with E-state index in [0.717, 1.165) is 12.8 Å². The standard InChI is InChI=1S/C20H21F3N4O4/c21-20(22,23)19-25-17(26-31-19)13-3-5-14(6-4-13)18(29)24-10-15-11-30-8-7-27(15)16(28)9-12-1-2-12/h3-6,12,15H,1-2,7-11H2,(H,24,29)/t15-/m1/s1. The molecule has 2 amide bonds. The quantitative estimate of drug-likeness (QED) is 0.745. The van der Waals surface area contributed by atoms with Crippen LogP contribution in [0.2, 0.25) is 0 Å². The van der Waals surface area contributed by atoms with Crippen molar-refractivity contribution in [2.45, 2.75) is 31.5 Å². The summed E-state index contributed by atoms with van der Waals surface area (Å²) in [6.45, 7) is 1.59. The van der Waals surface area contributed by atoms with Crippen LogP contribution in [0.3, 0.4) is 0 Å². The predicted molar refractivity (Wildman–Crippen MR) is 101 cm³/mol. The lowest BCUT2D eigenvalue weighted by molar-refractivity contribution is -0.159. The van der Waals surface area contributed by atoms with Crippen LogP contribution in [0.1, 0.15) is 35.5 Å². The molecule has 1 saturated carbocycles. The molecule has 1 saturated heterocycles. The molecule has 0 spiro atoms. The Labute approximate surface area is 175 Å². The largest absolute Gasteiger partial charge is 0.471 e. The Morgan fingerprint density at radius 2 is 1.94 bits per heavy atom. The number of nitrogens with zero attached hydrogens (tertiary/aromatic N) is 3. The zero-order valence-electron chi connectivity index (χ0n) is 16.5. The van der Waals surface area contributed by atoms with Crippen LogP contribution < -0.4 is 5.32 Å². The number of aromatic nitrogens is 2. The minimum Gasteiger partial charge on any atom is -0.377 e. The Morgan fingerprint density at radius 1 is 1.19 bits per heavy atom. The number of carbonyl (C=O) groups excluding carboxylic acids is 2. The molecule has 8 nitrogen and oxygen atoms in total. The molecule has 4 rings (SSSR count). The van der Waals surface area contributed by atoms with Crippen LogP contribution in [0, 0.1) is 5.92 Å². The summed E-state index contributed by atoms with van der Waals surface area (Å²) < 4.78 is 47.4. The molecule has 1 aliphatic heterocycles. The summed E-state index contributed by atoms with van der Waals surface area (Å²) in [4.78, 5) is 30.1. The van der Waals surface area contributed by atoms with E-state index >= 15 is 0 Å². The third kappa shape index (κ3) is 5.22. The van der Waals surface area contributed by atoms with Crippen LogP contribution in [0.5, 0.6) is 0 Å². The number of hydrogen-bond donors (Lipinski definition) is 1. The Hall–Kier alpha value is -2.95. The van der Waals surface area contributed by atoms with Gasteiger partial charge in [-0.3, -0.25) is 9.59 Å². The van der Waals surface area contributed by atoms with E-state index in [1.165, 1.54) is 24.3 Å². The zero-order chi connectivity index (χ0) is 22.0. The number of benzene rings is 1. The maximum absolute atomic E-state index is 12.6. The van der Waals surface area contributed by atoms with Gasteiger partial charge >= 0.3 is 12.1 Å². The van der Waals surface area contributed by atoms with Crippen molar-refractivity contribution in [3.8, 4) is 11.4 Å². The number of carbonyl (C=O) groups is 2. The normalized spacial score (nSPS) is 19.3. The number of amides is 2. The van der Waals surface area contributed by atoms with Gasteiger partial charge in [0.15, 0.2) is 0 Å². The molecule has 1 aliphatic carbocycles. The van der Waals surface area contributed by atoms with E-state index in [2.05, 4.69) is 20.0 Å². The highest BCUT2D eigenvalue weighted by molar-refractivity contribution is 5.94. The maximum atomic E-state index is 12.6. The Balaban J connectivity index is 1.35. The van der Waals surface area contributed by atoms with E-state index in [0.29, 0.717) is 37.7 Å². The lowest BCUT2D eigenvalue weighted by atomic mass is 10.1. The number of morpholine rings is 1. The summed E-state index contributed by atoms with van der Waals surface area (Å²) in [6, 6.07) is 5.57. The first-order chi connectivity index (χ1) is 14.8. The minimum atomic E-state index is -4.72. The van der Waals surface area contributed by atoms with Gasteiger partial charge in [0.1, 0.15) is 0 Å². The zero-order valence-corrected chi connectivity index (χ0v) is 16.5. The molecule has 2 fully saturated rings. The second-order valence-corrected chi connectivity index (χ2v) is 7.67. The molecular weight excluding hydrogens is 417 g/mol. The highest BCUT2D eigenvalue weighted by Gasteiger charge is 2.38. The molecule has 166 valence electrons. The molecule has 2 heterocycles. The number of ether oxygens (including phenoxy) is 1. The SMILES string of the molecule is O=C(NC[C@@H]1COCCN1C(=O)CC1CC1)c1ccc(-c2noc(C(F)(F)F)n2)cc1. The summed E-state index contributed by atoms with van der Waals surface area (Å²) >= 11 is 0. The molecule has 0 unspecified atom stereocenters. The highest BCUT2D eigenvalue weighted by atomic mass is 19.4. The third-order valence-electron chi connectivity index (χ3n) is 5.28. The van der Waals surface area contributed by atoms with E-state index in [4.69, 9.17) is 4.74 Å². The van der Waals surface area contributed by atoms with Gasteiger partial charge in [-0.2, -0.15) is 18.2 Å². The Bertz CT molecular complexity index is 941. The third-order valence-corrected chi connectivity index (χ3v) is 5.28. The molecule has 2 aliphatic rings. The number of halogens is 3. The summed E-state index contributed by atoms with van der Waals surface area (Å²) in [6.07, 6.45) is -2.00. The fourth-order valence-corrected chi connectivity index (χ4v) is 3.38.